The van der Waals surface area contributed by atoms with Crippen molar-refractivity contribution in [2.75, 3.05) is 5.43 Å². The van der Waals surface area contributed by atoms with Crippen LogP contribution in [0.4, 0.5) is 5.69 Å². The van der Waals surface area contributed by atoms with E-state index in [1.807, 2.05) is 20.8 Å². The molecular weight excluding hydrogens is 320 g/mol. The molecule has 0 spiro atoms. The van der Waals surface area contributed by atoms with Crippen molar-refractivity contribution < 1.29 is 14.1 Å². The van der Waals surface area contributed by atoms with Gasteiger partial charge >= 0.3 is 5.84 Å². The predicted octanol–water partition coefficient (Wildman–Crippen LogP) is 3.70. The Morgan fingerprint density at radius 3 is 2.56 bits per heavy atom. The van der Waals surface area contributed by atoms with Gasteiger partial charge in [-0.05, 0) is 24.2 Å². The normalized spacial score (nSPS) is 11.7. The number of benzene rings is 1. The highest BCUT2D eigenvalue weighted by Gasteiger charge is 2.24. The molecule has 7 heteroatoms. The van der Waals surface area contributed by atoms with Crippen molar-refractivity contribution in [3.05, 3.63) is 58.8 Å². The number of rotatable bonds is 5. The van der Waals surface area contributed by atoms with Gasteiger partial charge in [0.1, 0.15) is 11.5 Å². The largest absolute Gasteiger partial charge is 0.360 e. The number of nitrogens with zero attached hydrogens (tertiary/aromatic N) is 3. The third-order valence-corrected chi connectivity index (χ3v) is 3.35. The molecule has 0 fully saturated rings. The summed E-state index contributed by atoms with van der Waals surface area (Å²) >= 11 is 0. The topological polar surface area (TPSA) is 88.9 Å². The van der Waals surface area contributed by atoms with Crippen LogP contribution in [-0.2, 0) is 5.41 Å². The molecule has 0 unspecified atom stereocenters. The summed E-state index contributed by atoms with van der Waals surface area (Å²) in [6.45, 7) is 14.4. The number of Topliss-reactive ketones (excluding diaryl/α,β-unsaturated/α-hetero) is 2. The molecule has 7 nitrogen and oxygen atoms in total. The molecule has 0 amide bonds. The molecule has 0 bridgehead atoms. The number of aromatic nitrogens is 1. The molecule has 128 valence electrons. The number of hydrogen-bond donors (Lipinski definition) is 1. The minimum Gasteiger partial charge on any atom is -0.360 e. The van der Waals surface area contributed by atoms with Crippen molar-refractivity contribution in [2.45, 2.75) is 33.1 Å². The first-order chi connectivity index (χ1) is 11.7. The molecule has 0 aliphatic rings. The third-order valence-electron chi connectivity index (χ3n) is 3.35. The second-order valence-electron chi connectivity index (χ2n) is 6.45. The first-order valence-electron chi connectivity index (χ1n) is 7.56. The summed E-state index contributed by atoms with van der Waals surface area (Å²) in [6, 6.07) is 8.13. The van der Waals surface area contributed by atoms with Crippen molar-refractivity contribution in [1.82, 2.24) is 5.16 Å². The molecule has 0 atom stereocenters. The van der Waals surface area contributed by atoms with E-state index >= 15 is 0 Å². The molecule has 25 heavy (non-hydrogen) atoms. The van der Waals surface area contributed by atoms with E-state index in [1.54, 1.807) is 24.3 Å². The molecule has 1 aromatic carbocycles. The number of carbonyl (C=O) groups is 2. The molecule has 2 rings (SSSR count). The Hall–Kier alpha value is -3.27. The number of ketones is 2. The second kappa shape index (κ2) is 7.09. The summed E-state index contributed by atoms with van der Waals surface area (Å²) in [4.78, 5) is 26.9. The van der Waals surface area contributed by atoms with Crippen LogP contribution < -0.4 is 5.43 Å². The molecule has 1 N–H and O–H groups in total. The summed E-state index contributed by atoms with van der Waals surface area (Å²) in [6.07, 6.45) is 0. The Bertz CT molecular complexity index is 882. The maximum atomic E-state index is 12.4. The molecule has 0 aliphatic heterocycles. The lowest BCUT2D eigenvalue weighted by molar-refractivity contribution is 0.101. The number of carbonyl (C=O) groups excluding carboxylic acids is 2. The molecular formula is C18H18N4O3. The highest BCUT2D eigenvalue weighted by atomic mass is 16.5. The standard InChI is InChI=1S/C18H18N4O3/c1-11(23)12-7-6-8-13(9-12)20-21-17(19-5)16(24)14-10-15(25-22-14)18(2,3)4/h6-10,20H,1-4H3/b21-17-. The predicted molar refractivity (Wildman–Crippen MR) is 93.6 cm³/mol. The van der Waals surface area contributed by atoms with Gasteiger partial charge in [-0.1, -0.05) is 44.6 Å². The lowest BCUT2D eigenvalue weighted by Crippen LogP contribution is -2.13. The van der Waals surface area contributed by atoms with E-state index < -0.39 is 5.78 Å². The van der Waals surface area contributed by atoms with Crippen molar-refractivity contribution in [1.29, 1.82) is 0 Å². The minimum absolute atomic E-state index is 0.0268. The number of anilines is 1. The Morgan fingerprint density at radius 2 is 2.00 bits per heavy atom. The lowest BCUT2D eigenvalue weighted by Gasteiger charge is -2.11. The molecule has 0 saturated heterocycles. The fraction of sp³-hybridized carbons (Fsp3) is 0.278. The van der Waals surface area contributed by atoms with Crippen LogP contribution in [0.3, 0.4) is 0 Å². The summed E-state index contributed by atoms with van der Waals surface area (Å²) < 4.78 is 5.16. The van der Waals surface area contributed by atoms with Gasteiger partial charge in [-0.3, -0.25) is 9.59 Å². The number of hydrogen-bond acceptors (Lipinski definition) is 6. The van der Waals surface area contributed by atoms with Crippen molar-refractivity contribution in [3.63, 3.8) is 0 Å². The van der Waals surface area contributed by atoms with Crippen LogP contribution in [0.25, 0.3) is 4.85 Å². The summed E-state index contributed by atoms with van der Waals surface area (Å²) in [7, 11) is 0. The Morgan fingerprint density at radius 1 is 1.28 bits per heavy atom. The molecule has 2 aromatic rings. The van der Waals surface area contributed by atoms with Crippen molar-refractivity contribution in [3.8, 4) is 0 Å². The zero-order valence-electron chi connectivity index (χ0n) is 14.5. The van der Waals surface area contributed by atoms with Gasteiger partial charge in [-0.2, -0.15) is 0 Å². The maximum absolute atomic E-state index is 12.4. The molecule has 0 aliphatic carbocycles. The molecule has 1 heterocycles. The van der Waals surface area contributed by atoms with Gasteiger partial charge in [0.05, 0.1) is 5.69 Å². The van der Waals surface area contributed by atoms with E-state index in [2.05, 4.69) is 20.5 Å². The highest BCUT2D eigenvalue weighted by Crippen LogP contribution is 2.23. The van der Waals surface area contributed by atoms with E-state index in [0.717, 1.165) is 0 Å². The monoisotopic (exact) mass is 338 g/mol. The van der Waals surface area contributed by atoms with Crippen LogP contribution in [0, 0.1) is 6.57 Å². The molecule has 0 radical (unpaired) electrons. The van der Waals surface area contributed by atoms with Gasteiger partial charge in [0.15, 0.2) is 5.78 Å². The molecule has 1 aromatic heterocycles. The number of amidine groups is 1. The van der Waals surface area contributed by atoms with Crippen molar-refractivity contribution >= 4 is 23.1 Å². The lowest BCUT2D eigenvalue weighted by atomic mass is 9.93. The summed E-state index contributed by atoms with van der Waals surface area (Å²) in [5.74, 6) is -0.555. The van der Waals surface area contributed by atoms with Crippen molar-refractivity contribution in [2.24, 2.45) is 5.10 Å². The quantitative estimate of drug-likeness (QED) is 0.295. The first-order valence-corrected chi connectivity index (χ1v) is 7.56. The van der Waals surface area contributed by atoms with Crippen LogP contribution in [0.2, 0.25) is 0 Å². The van der Waals surface area contributed by atoms with Gasteiger partial charge < -0.3 is 9.37 Å². The molecule has 0 saturated carbocycles. The van der Waals surface area contributed by atoms with Crippen LogP contribution >= 0.6 is 0 Å². The smallest absolute Gasteiger partial charge is 0.343 e. The zero-order valence-corrected chi connectivity index (χ0v) is 14.5. The van der Waals surface area contributed by atoms with Gasteiger partial charge in [0, 0.05) is 17.0 Å². The Balaban J connectivity index is 2.21. The van der Waals surface area contributed by atoms with Crippen LogP contribution in [-0.4, -0.2) is 22.6 Å². The average molecular weight is 338 g/mol. The van der Waals surface area contributed by atoms with E-state index in [1.165, 1.54) is 13.0 Å². The van der Waals surface area contributed by atoms with Crippen LogP contribution in [0.15, 0.2) is 40.0 Å². The van der Waals surface area contributed by atoms with Gasteiger partial charge in [-0.25, -0.2) is 5.43 Å². The van der Waals surface area contributed by atoms with Gasteiger partial charge in [0.25, 0.3) is 0 Å². The van der Waals surface area contributed by atoms with E-state index in [9.17, 15) is 9.59 Å². The van der Waals surface area contributed by atoms with Crippen LogP contribution in [0.5, 0.6) is 0 Å². The highest BCUT2D eigenvalue weighted by molar-refractivity contribution is 6.48. The summed E-state index contributed by atoms with van der Waals surface area (Å²) in [5.41, 5.74) is 3.35. The minimum atomic E-state index is -0.635. The first kappa shape index (κ1) is 18.1. The van der Waals surface area contributed by atoms with E-state index in [4.69, 9.17) is 11.1 Å². The van der Waals surface area contributed by atoms with E-state index in [0.29, 0.717) is 17.0 Å². The fourth-order valence-corrected chi connectivity index (χ4v) is 1.90. The van der Waals surface area contributed by atoms with Gasteiger partial charge in [0.2, 0.25) is 5.78 Å². The Labute approximate surface area is 145 Å². The second-order valence-corrected chi connectivity index (χ2v) is 6.45. The Kier molecular flexibility index (Phi) is 5.13. The van der Waals surface area contributed by atoms with Crippen LogP contribution in [0.1, 0.15) is 54.3 Å². The average Bonchev–Trinajstić information content (AvgIpc) is 3.05. The zero-order chi connectivity index (χ0) is 18.6. The fourth-order valence-electron chi connectivity index (χ4n) is 1.90. The van der Waals surface area contributed by atoms with E-state index in [-0.39, 0.29) is 22.7 Å². The maximum Gasteiger partial charge on any atom is 0.343 e. The SMILES string of the molecule is [C-]#[N+]/C(=N\Nc1cccc(C(C)=O)c1)C(=O)c1cc(C(C)(C)C)on1. The summed E-state index contributed by atoms with van der Waals surface area (Å²) in [5, 5.41) is 7.55. The third kappa shape index (κ3) is 4.38. The van der Waals surface area contributed by atoms with Gasteiger partial charge in [-0.15, -0.1) is 0 Å². The number of nitrogens with one attached hydrogen (secondary N) is 1. The number of hydrazone groups is 1.